The molecule has 119 heavy (non-hydrogen) atoms. The molecular weight excluding hydrogens is 1770 g/mol. The van der Waals surface area contributed by atoms with Gasteiger partial charge in [0.25, 0.3) is 12.8 Å². The molecule has 0 bridgehead atoms. The van der Waals surface area contributed by atoms with E-state index in [0.29, 0.717) is 128 Å². The summed E-state index contributed by atoms with van der Waals surface area (Å²) in [6, 6.07) is 9.68. The second-order valence-corrected chi connectivity index (χ2v) is 27.8. The molecule has 4 aliphatic heterocycles. The van der Waals surface area contributed by atoms with Gasteiger partial charge in [-0.05, 0) is 63.2 Å². The van der Waals surface area contributed by atoms with Gasteiger partial charge in [0, 0.05) is 198 Å². The van der Waals surface area contributed by atoms with Gasteiger partial charge in [-0.1, -0.05) is 45.2 Å². The predicted molar refractivity (Wildman–Crippen MR) is 447 cm³/mol. The molecular formula is C75H95I2N34Na2O6+. The van der Waals surface area contributed by atoms with Crippen molar-refractivity contribution in [3.63, 3.8) is 0 Å². The number of nitrogens with one attached hydrogen (secondary N) is 2. The third kappa shape index (κ3) is 26.4. The molecule has 616 valence electrons. The summed E-state index contributed by atoms with van der Waals surface area (Å²) in [5.41, 5.74) is 11.6. The van der Waals surface area contributed by atoms with E-state index >= 15 is 0 Å². The van der Waals surface area contributed by atoms with Crippen molar-refractivity contribution in [2.75, 3.05) is 108 Å². The second kappa shape index (κ2) is 46.9. The number of nitrogens with zero attached hydrogens (tertiary/aromatic N) is 31. The number of amides is 4. The first-order valence-electron chi connectivity index (χ1n) is 37.9. The Balaban J connectivity index is 0.000000237. The van der Waals surface area contributed by atoms with Gasteiger partial charge in [-0.25, -0.2) is 63.8 Å². The number of carbonyl (C=O) groups excluding carboxylic acids is 4. The quantitative estimate of drug-likeness (QED) is 0.0257. The summed E-state index contributed by atoms with van der Waals surface area (Å²) in [7, 11) is 9.17. The van der Waals surface area contributed by atoms with Crippen LogP contribution in [0.2, 0.25) is 0 Å². The largest absolute Gasteiger partial charge is 1.00 e. The average Bonchev–Trinajstić information content (AvgIpc) is 0.882. The number of aryl methyl sites for hydroxylation is 5. The van der Waals surface area contributed by atoms with Crippen LogP contribution < -0.4 is 105 Å². The number of rotatable bonds is 10. The van der Waals surface area contributed by atoms with Gasteiger partial charge in [0.15, 0.2) is 22.8 Å². The van der Waals surface area contributed by atoms with Crippen LogP contribution in [0.15, 0.2) is 112 Å². The van der Waals surface area contributed by atoms with Crippen LogP contribution in [0.5, 0.6) is 0 Å². The van der Waals surface area contributed by atoms with Crippen LogP contribution in [0.3, 0.4) is 0 Å². The Labute approximate surface area is 764 Å². The number of hydrogen-bond acceptors (Lipinski definition) is 29. The number of halogens is 2. The van der Waals surface area contributed by atoms with Gasteiger partial charge in [-0.3, -0.25) is 33.0 Å². The molecule has 0 aromatic carbocycles. The Morgan fingerprint density at radius 1 is 0.580 bits per heavy atom. The standard InChI is InChI=1S/C19H22N9O.C18H19N9O.C18H22N8O.C14H17N7.C3H7N.2CH3I.CH2O3.2Na.H/c1-14-11-26(6-7-28(14)19(29)27-5-4-24(2)13-27)17-10-21-16(8-20)18(23-17)15-9-22-25(3)12-15;1-13-10-25(5-6-27(13)18(28)26-4-3-20-12-26)16-9-21-15(7-19)17(23-16)14-8-22-24(2)11-14;1-12-10-25(5-6-26(12)18(27)22-14-3-4-14)16-9-20-15(7-19)17(23-16)13-8-21-24(2)11-13;1-10-8-21(4-3-16-10)13-7-17-12(5-15)14(19-13)11-6-18-20(2)9-11;4-3-1-2-3;2*1-2;2-1-4-3;;;/h4-5,9-10,12-14H,6-7,11H2,1-3H3;3-4,8-9,11-13H,5-6,10H2,1-2H3;8-9,11-12,14H,3-6,10H2,1-2H3,(H,22,27);6-7,9-10,16H,3-4,8H2,1-2H3;3H,1-2,4H2;2*1H3;1,3H;;;/q+1;;;;;;;;2*+1;-1/p-1/t14-;13-;12-;10-;;;;;;;/m1111......./s1/i;;;;;1D;;;;;. The first-order chi connectivity index (χ1) is 57.0. The first-order valence-corrected chi connectivity index (χ1v) is 40.8. The molecule has 2 saturated carbocycles. The third-order valence-electron chi connectivity index (χ3n) is 19.0. The van der Waals surface area contributed by atoms with Crippen molar-refractivity contribution >= 4 is 93.0 Å². The summed E-state index contributed by atoms with van der Waals surface area (Å²) in [6.45, 7) is 16.3. The molecule has 4 saturated heterocycles. The van der Waals surface area contributed by atoms with Crippen molar-refractivity contribution in [2.45, 2.75) is 89.6 Å². The number of aromatic nitrogens is 20. The van der Waals surface area contributed by atoms with E-state index in [1.165, 1.54) is 23.7 Å². The predicted octanol–water partition coefficient (Wildman–Crippen LogP) is -1.88. The molecule has 10 aromatic rings. The first kappa shape index (κ1) is 94.2. The molecule has 16 rings (SSSR count). The van der Waals surface area contributed by atoms with E-state index in [1.54, 1.807) is 104 Å². The molecule has 4 atom stereocenters. The van der Waals surface area contributed by atoms with Crippen LogP contribution >= 0.6 is 45.2 Å². The third-order valence-corrected chi connectivity index (χ3v) is 19.0. The van der Waals surface area contributed by atoms with Crippen molar-refractivity contribution in [1.29, 1.82) is 21.0 Å². The van der Waals surface area contributed by atoms with E-state index in [9.17, 15) is 35.4 Å². The zero-order valence-electron chi connectivity index (χ0n) is 70.6. The van der Waals surface area contributed by atoms with Crippen LogP contribution in [0.25, 0.3) is 45.0 Å². The monoisotopic (exact) mass is 1870 g/mol. The Morgan fingerprint density at radius 3 is 1.19 bits per heavy atom. The van der Waals surface area contributed by atoms with Crippen molar-refractivity contribution in [3.8, 4) is 69.3 Å². The molecule has 4 amide bonds. The number of hydrogen-bond donors (Lipinski definition) is 3. The number of nitriles is 4. The van der Waals surface area contributed by atoms with Gasteiger partial charge in [-0.15, -0.1) is 0 Å². The van der Waals surface area contributed by atoms with Crippen molar-refractivity contribution in [3.05, 3.63) is 135 Å². The topological polar surface area (TPSA) is 470 Å². The fraction of sp³-hybridized carbons (Fsp3) is 0.440. The van der Waals surface area contributed by atoms with Crippen LogP contribution in [0, 0.1) is 45.3 Å². The van der Waals surface area contributed by atoms with Crippen molar-refractivity contribution < 1.29 is 95.8 Å². The van der Waals surface area contributed by atoms with Crippen molar-refractivity contribution in [1.82, 2.24) is 118 Å². The molecule has 14 heterocycles. The molecule has 6 aliphatic rings. The van der Waals surface area contributed by atoms with E-state index in [0.717, 1.165) is 60.5 Å². The number of carbonyl (C=O) groups is 4. The molecule has 0 radical (unpaired) electrons. The van der Waals surface area contributed by atoms with Gasteiger partial charge in [-0.2, -0.15) is 46.0 Å². The zero-order chi connectivity index (χ0) is 85.1. The normalized spacial score (nSPS) is 17.0. The van der Waals surface area contributed by atoms with E-state index < -0.39 is 0 Å². The molecule has 40 nitrogen and oxygen atoms in total. The van der Waals surface area contributed by atoms with Crippen molar-refractivity contribution in [2.24, 2.45) is 41.0 Å². The minimum atomic E-state index is -0.181. The van der Waals surface area contributed by atoms with Gasteiger partial charge >= 0.3 is 77.2 Å². The number of nitrogens with two attached hydrogens (primary N) is 1. The molecule has 10 aromatic heterocycles. The van der Waals surface area contributed by atoms with Gasteiger partial charge < -0.3 is 57.3 Å². The summed E-state index contributed by atoms with van der Waals surface area (Å²) in [6.07, 6.45) is 35.3. The molecule has 6 fully saturated rings. The minimum Gasteiger partial charge on any atom is -1.00 e. The number of urea groups is 1. The van der Waals surface area contributed by atoms with Gasteiger partial charge in [0.2, 0.25) is 0 Å². The van der Waals surface area contributed by atoms with E-state index in [1.807, 2.05) is 128 Å². The Morgan fingerprint density at radius 2 is 0.924 bits per heavy atom. The molecule has 0 unspecified atom stereocenters. The summed E-state index contributed by atoms with van der Waals surface area (Å²) in [5.74, 6) is 2.89. The second-order valence-electron chi connectivity index (χ2n) is 27.8. The summed E-state index contributed by atoms with van der Waals surface area (Å²) < 4.78 is 17.8. The number of piperazine rings is 4. The maximum absolute atomic E-state index is 12.8. The van der Waals surface area contributed by atoms with Crippen LogP contribution in [-0.4, -0.2) is 257 Å². The fourth-order valence-corrected chi connectivity index (χ4v) is 12.8. The molecule has 4 N–H and O–H groups in total. The van der Waals surface area contributed by atoms with Gasteiger partial charge in [0.05, 0.1) is 62.7 Å². The molecule has 44 heteroatoms. The fourth-order valence-electron chi connectivity index (χ4n) is 12.8. The van der Waals surface area contributed by atoms with Gasteiger partial charge in [0.1, 0.15) is 89.0 Å². The smallest absolute Gasteiger partial charge is 1.00 e. The van der Waals surface area contributed by atoms with Crippen LogP contribution in [0.1, 0.15) is 79.0 Å². The summed E-state index contributed by atoms with van der Waals surface area (Å²) in [4.78, 5) is 105. The van der Waals surface area contributed by atoms with E-state index in [-0.39, 0.29) is 120 Å². The Bertz CT molecular complexity index is 5170. The maximum atomic E-state index is 12.8. The van der Waals surface area contributed by atoms with E-state index in [2.05, 4.69) is 149 Å². The van der Waals surface area contributed by atoms with Crippen LogP contribution in [0.4, 0.5) is 37.7 Å². The van der Waals surface area contributed by atoms with E-state index in [4.69, 9.17) is 22.1 Å². The maximum Gasteiger partial charge on any atom is 1.00 e. The average molecular weight is 1870 g/mol. The molecule has 0 spiro atoms. The summed E-state index contributed by atoms with van der Waals surface area (Å²) in [5, 5.41) is 68.8. The Hall–Kier alpha value is -10.2. The summed E-state index contributed by atoms with van der Waals surface area (Å²) >= 11 is 4.11. The zero-order valence-corrected chi connectivity index (χ0v) is 76.9. The minimum absolute atomic E-state index is 0. The Kier molecular flexibility index (Phi) is 37.2. The van der Waals surface area contributed by atoms with Crippen LogP contribution in [-0.2, 0) is 44.9 Å². The number of anilines is 4. The molecule has 2 aliphatic carbocycles. The SMILES string of the molecule is CI.C[C@@H]1CN(c2cnc(C#N)c(-c3cnn(C)c3)n2)CCN1.C[C@@H]1CN(c2cnc(C#N)c(-c3cnn(C)c3)n2)CCN1C(=O)NC1CC1.C[C@@H]1CN(c2cnc(C#N)c(-c3cnn(C)c3)n2)CCN1C(=O)n1cc[n+](C)c1.C[C@@H]1CN(c2cnc(C#N)c(-c3cnn(C)c3)n2)CCN1C(=O)n1ccnc1.NC1CC1.O=CO[O-].[2H]CI.[H-].[Na+].[Na+]. The number of imidazole rings is 2. The number of alkyl halides is 2.